The fourth-order valence-corrected chi connectivity index (χ4v) is 2.27. The zero-order valence-electron chi connectivity index (χ0n) is 10.8. The second-order valence-electron chi connectivity index (χ2n) is 4.55. The van der Waals surface area contributed by atoms with Gasteiger partial charge < -0.3 is 9.64 Å². The van der Waals surface area contributed by atoms with Gasteiger partial charge in [-0.2, -0.15) is 5.26 Å². The Hall–Kier alpha value is -1.08. The number of hydrogen-bond donors (Lipinski definition) is 0. The molecule has 0 N–H and O–H groups in total. The fourth-order valence-electron chi connectivity index (χ4n) is 2.27. The van der Waals surface area contributed by atoms with Gasteiger partial charge in [0.2, 0.25) is 5.91 Å². The molecule has 0 aliphatic carbocycles. The summed E-state index contributed by atoms with van der Waals surface area (Å²) in [5, 5.41) is 8.82. The number of ether oxygens (including phenoxy) is 1. The summed E-state index contributed by atoms with van der Waals surface area (Å²) in [6, 6.07) is 2.08. The first kappa shape index (κ1) is 14.0. The van der Waals surface area contributed by atoms with Crippen molar-refractivity contribution in [3.8, 4) is 6.07 Å². The molecule has 0 aromatic rings. The van der Waals surface area contributed by atoms with Crippen LogP contribution in [0.3, 0.4) is 0 Å². The molecule has 4 heteroatoms. The second kappa shape index (κ2) is 7.29. The number of amides is 1. The molecule has 1 saturated heterocycles. The molecule has 1 fully saturated rings. The molecule has 1 amide bonds. The van der Waals surface area contributed by atoms with E-state index in [9.17, 15) is 4.79 Å². The minimum absolute atomic E-state index is 0.127. The van der Waals surface area contributed by atoms with E-state index in [1.807, 2.05) is 0 Å². The number of nitrogens with zero attached hydrogens (tertiary/aromatic N) is 2. The molecule has 1 rings (SSSR count). The highest BCUT2D eigenvalue weighted by Gasteiger charge is 2.28. The van der Waals surface area contributed by atoms with Gasteiger partial charge in [0.1, 0.15) is 0 Å². The lowest BCUT2D eigenvalue weighted by Gasteiger charge is -2.32. The van der Waals surface area contributed by atoms with Crippen molar-refractivity contribution in [1.82, 2.24) is 4.90 Å². The molecule has 1 aliphatic heterocycles. The quantitative estimate of drug-likeness (QED) is 0.735. The summed E-state index contributed by atoms with van der Waals surface area (Å²) in [7, 11) is 0. The van der Waals surface area contributed by atoms with Crippen LogP contribution in [0.25, 0.3) is 0 Å². The van der Waals surface area contributed by atoms with Gasteiger partial charge in [0, 0.05) is 12.5 Å². The highest BCUT2D eigenvalue weighted by molar-refractivity contribution is 5.79. The molecule has 4 nitrogen and oxygen atoms in total. The van der Waals surface area contributed by atoms with Crippen molar-refractivity contribution < 1.29 is 9.53 Å². The van der Waals surface area contributed by atoms with Crippen molar-refractivity contribution in [2.75, 3.05) is 19.7 Å². The molecule has 1 heterocycles. The van der Waals surface area contributed by atoms with Crippen LogP contribution >= 0.6 is 0 Å². The van der Waals surface area contributed by atoms with E-state index >= 15 is 0 Å². The third-order valence-electron chi connectivity index (χ3n) is 3.15. The highest BCUT2D eigenvalue weighted by atomic mass is 16.5. The van der Waals surface area contributed by atoms with Crippen LogP contribution in [0.2, 0.25) is 0 Å². The zero-order chi connectivity index (χ0) is 12.7. The van der Waals surface area contributed by atoms with Crippen molar-refractivity contribution in [1.29, 1.82) is 5.26 Å². The van der Waals surface area contributed by atoms with Crippen molar-refractivity contribution in [2.24, 2.45) is 5.92 Å². The smallest absolute Gasteiger partial charge is 0.225 e. The Bertz CT molecular complexity index is 280. The molecule has 0 bridgehead atoms. The Morgan fingerprint density at radius 3 is 2.65 bits per heavy atom. The molecule has 0 saturated carbocycles. The topological polar surface area (TPSA) is 53.3 Å². The van der Waals surface area contributed by atoms with Gasteiger partial charge >= 0.3 is 0 Å². The summed E-state index contributed by atoms with van der Waals surface area (Å²) in [5.41, 5.74) is 0. The predicted octanol–water partition coefficient (Wildman–Crippen LogP) is 1.95. The molecule has 17 heavy (non-hydrogen) atoms. The summed E-state index contributed by atoms with van der Waals surface area (Å²) in [4.78, 5) is 14.1. The zero-order valence-corrected chi connectivity index (χ0v) is 10.8. The minimum Gasteiger partial charge on any atom is -0.360 e. The number of carbonyl (C=O) groups excluding carboxylic acids is 1. The van der Waals surface area contributed by atoms with Gasteiger partial charge in [0.15, 0.2) is 6.10 Å². The standard InChI is InChI=1S/C13H22N2O2/c1-3-5-11(6-4-2)13(16)15-7-8-17-12(9-14)10-15/h11-12H,3-8,10H2,1-2H3. The molecule has 0 radical (unpaired) electrons. The maximum atomic E-state index is 12.3. The summed E-state index contributed by atoms with van der Waals surface area (Å²) in [5.74, 6) is 0.333. The van der Waals surface area contributed by atoms with Crippen molar-refractivity contribution in [3.05, 3.63) is 0 Å². The molecule has 1 aliphatic rings. The van der Waals surface area contributed by atoms with Crippen molar-refractivity contribution in [2.45, 2.75) is 45.6 Å². The third kappa shape index (κ3) is 4.01. The van der Waals surface area contributed by atoms with Gasteiger partial charge in [0.05, 0.1) is 19.2 Å². The largest absolute Gasteiger partial charge is 0.360 e. The molecule has 0 aromatic carbocycles. The molecular weight excluding hydrogens is 216 g/mol. The maximum absolute atomic E-state index is 12.3. The Morgan fingerprint density at radius 2 is 2.12 bits per heavy atom. The van der Waals surface area contributed by atoms with Gasteiger partial charge in [0.25, 0.3) is 0 Å². The van der Waals surface area contributed by atoms with Crippen LogP contribution in [-0.4, -0.2) is 36.6 Å². The van der Waals surface area contributed by atoms with E-state index in [2.05, 4.69) is 19.9 Å². The van der Waals surface area contributed by atoms with Crippen molar-refractivity contribution >= 4 is 5.91 Å². The molecule has 96 valence electrons. The van der Waals surface area contributed by atoms with Gasteiger partial charge in [-0.3, -0.25) is 4.79 Å². The first-order valence-corrected chi connectivity index (χ1v) is 6.52. The Kier molecular flexibility index (Phi) is 5.99. The number of nitriles is 1. The molecular formula is C13H22N2O2. The maximum Gasteiger partial charge on any atom is 0.225 e. The average molecular weight is 238 g/mol. The summed E-state index contributed by atoms with van der Waals surface area (Å²) in [6.07, 6.45) is 3.50. The van der Waals surface area contributed by atoms with Crippen LogP contribution in [0.15, 0.2) is 0 Å². The first-order valence-electron chi connectivity index (χ1n) is 6.52. The molecule has 0 aromatic heterocycles. The van der Waals surface area contributed by atoms with E-state index in [4.69, 9.17) is 10.00 Å². The van der Waals surface area contributed by atoms with Crippen LogP contribution < -0.4 is 0 Å². The van der Waals surface area contributed by atoms with Crippen LogP contribution in [0.1, 0.15) is 39.5 Å². The van der Waals surface area contributed by atoms with Crippen molar-refractivity contribution in [3.63, 3.8) is 0 Å². The Balaban J connectivity index is 2.56. The van der Waals surface area contributed by atoms with Gasteiger partial charge in [-0.15, -0.1) is 0 Å². The van der Waals surface area contributed by atoms with Crippen LogP contribution in [0.5, 0.6) is 0 Å². The lowest BCUT2D eigenvalue weighted by molar-refractivity contribution is -0.141. The number of carbonyl (C=O) groups is 1. The lowest BCUT2D eigenvalue weighted by atomic mass is 9.96. The van der Waals surface area contributed by atoms with Gasteiger partial charge in [-0.05, 0) is 12.8 Å². The number of rotatable bonds is 5. The first-order chi connectivity index (χ1) is 8.22. The summed E-state index contributed by atoms with van der Waals surface area (Å²) >= 11 is 0. The third-order valence-corrected chi connectivity index (χ3v) is 3.15. The van der Waals surface area contributed by atoms with E-state index < -0.39 is 6.10 Å². The summed E-state index contributed by atoms with van der Waals surface area (Å²) < 4.78 is 5.25. The van der Waals surface area contributed by atoms with E-state index in [-0.39, 0.29) is 11.8 Å². The van der Waals surface area contributed by atoms with Crippen LogP contribution in [-0.2, 0) is 9.53 Å². The predicted molar refractivity (Wildman–Crippen MR) is 65.2 cm³/mol. The summed E-state index contributed by atoms with van der Waals surface area (Å²) in [6.45, 7) is 5.75. The molecule has 1 atom stereocenters. The van der Waals surface area contributed by atoms with E-state index in [1.54, 1.807) is 4.90 Å². The van der Waals surface area contributed by atoms with E-state index in [1.165, 1.54) is 0 Å². The average Bonchev–Trinajstić information content (AvgIpc) is 2.38. The number of hydrogen-bond acceptors (Lipinski definition) is 3. The monoisotopic (exact) mass is 238 g/mol. The van der Waals surface area contributed by atoms with Gasteiger partial charge in [-0.25, -0.2) is 0 Å². The molecule has 0 spiro atoms. The number of morpholine rings is 1. The van der Waals surface area contributed by atoms with Crippen LogP contribution in [0.4, 0.5) is 0 Å². The molecule has 1 unspecified atom stereocenters. The normalized spacial score (nSPS) is 20.4. The van der Waals surface area contributed by atoms with E-state index in [0.29, 0.717) is 19.7 Å². The Morgan fingerprint density at radius 1 is 1.47 bits per heavy atom. The van der Waals surface area contributed by atoms with Gasteiger partial charge in [-0.1, -0.05) is 26.7 Å². The SMILES string of the molecule is CCCC(CCC)C(=O)N1CCOC(C#N)C1. The van der Waals surface area contributed by atoms with Crippen LogP contribution in [0, 0.1) is 17.2 Å². The Labute approximate surface area is 104 Å². The highest BCUT2D eigenvalue weighted by Crippen LogP contribution is 2.18. The second-order valence-corrected chi connectivity index (χ2v) is 4.55. The minimum atomic E-state index is -0.448. The lowest BCUT2D eigenvalue weighted by Crippen LogP contribution is -2.47. The fraction of sp³-hybridized carbons (Fsp3) is 0.846. The van der Waals surface area contributed by atoms with E-state index in [0.717, 1.165) is 25.7 Å².